The monoisotopic (exact) mass is 157 g/mol. The number of carboxylic acids is 1. The van der Waals surface area contributed by atoms with Gasteiger partial charge in [0.2, 0.25) is 0 Å². The van der Waals surface area contributed by atoms with Crippen LogP contribution >= 0.6 is 10.5 Å². The average Bonchev–Trinajstić information content (AvgIpc) is 2.15. The molecule has 1 N–H and O–H groups in total. The quantitative estimate of drug-likeness (QED) is 0.662. The smallest absolute Gasteiger partial charge is 0.312 e. The van der Waals surface area contributed by atoms with Crippen LogP contribution in [0.2, 0.25) is 0 Å². The fourth-order valence-electron chi connectivity index (χ4n) is 0.781. The second-order valence-electron chi connectivity index (χ2n) is 2.09. The van der Waals surface area contributed by atoms with E-state index >= 15 is 0 Å². The minimum atomic E-state index is -0.741. The van der Waals surface area contributed by atoms with Crippen molar-refractivity contribution in [2.45, 2.75) is 6.42 Å². The maximum Gasteiger partial charge on any atom is 0.312 e. The maximum atomic E-state index is 10.2. The summed E-state index contributed by atoms with van der Waals surface area (Å²) < 4.78 is 0. The summed E-state index contributed by atoms with van der Waals surface area (Å²) in [5, 5.41) is 10.5. The summed E-state index contributed by atoms with van der Waals surface area (Å²) in [6.07, 6.45) is 2.21. The molecule has 0 spiro atoms. The van der Waals surface area contributed by atoms with E-state index in [2.05, 4.69) is 0 Å². The molecule has 0 bridgehead atoms. The summed E-state index contributed by atoms with van der Waals surface area (Å²) in [6.45, 7) is 0. The van der Waals surface area contributed by atoms with Crippen molar-refractivity contribution < 1.29 is 9.90 Å². The Morgan fingerprint density at radius 3 is 2.90 bits per heavy atom. The first kappa shape index (κ1) is 7.28. The Morgan fingerprint density at radius 1 is 1.80 bits per heavy atom. The van der Waals surface area contributed by atoms with E-state index in [4.69, 9.17) is 5.11 Å². The van der Waals surface area contributed by atoms with E-state index < -0.39 is 5.97 Å². The van der Waals surface area contributed by atoms with Gasteiger partial charge in [-0.1, -0.05) is 0 Å². The van der Waals surface area contributed by atoms with E-state index in [0.717, 1.165) is 4.88 Å². The van der Waals surface area contributed by atoms with Crippen LogP contribution in [0.3, 0.4) is 0 Å². The summed E-state index contributed by atoms with van der Waals surface area (Å²) in [6, 6.07) is 3.80. The van der Waals surface area contributed by atoms with Gasteiger partial charge in [-0.3, -0.25) is 4.79 Å². The Hall–Kier alpha value is -0.830. The number of aliphatic carboxylic acids is 1. The van der Waals surface area contributed by atoms with Gasteiger partial charge in [0.1, 0.15) is 18.1 Å². The largest absolute Gasteiger partial charge is 0.481 e. The summed E-state index contributed by atoms with van der Waals surface area (Å²) in [5.41, 5.74) is 0. The van der Waals surface area contributed by atoms with Gasteiger partial charge >= 0.3 is 5.97 Å². The lowest BCUT2D eigenvalue weighted by molar-refractivity contribution is -0.136. The van der Waals surface area contributed by atoms with Crippen molar-refractivity contribution in [1.82, 2.24) is 0 Å². The van der Waals surface area contributed by atoms with Gasteiger partial charge in [0.25, 0.3) is 0 Å². The fourth-order valence-corrected chi connectivity index (χ4v) is 1.91. The Kier molecular flexibility index (Phi) is 2.06. The Labute approximate surface area is 62.1 Å². The van der Waals surface area contributed by atoms with Gasteiger partial charge in [-0.15, -0.1) is 0 Å². The van der Waals surface area contributed by atoms with Crippen LogP contribution in [0.5, 0.6) is 0 Å². The molecule has 0 saturated carbocycles. The van der Waals surface area contributed by atoms with Crippen LogP contribution in [0.25, 0.3) is 0 Å². The molecule has 54 valence electrons. The van der Waals surface area contributed by atoms with Crippen LogP contribution in [0.15, 0.2) is 17.5 Å². The number of carbonyl (C=O) groups is 1. The molecule has 0 amide bonds. The standard InChI is InChI=1S/C7H8O2S/c1-10-4-2-3-6(10)5-7(8)9/h2-4H,5H2,1H3/p+1. The third-order valence-corrected chi connectivity index (χ3v) is 2.98. The summed E-state index contributed by atoms with van der Waals surface area (Å²) in [5.74, 6) is -0.741. The Morgan fingerprint density at radius 2 is 2.50 bits per heavy atom. The van der Waals surface area contributed by atoms with Crippen molar-refractivity contribution in [3.63, 3.8) is 0 Å². The molecule has 2 nitrogen and oxygen atoms in total. The molecule has 1 heterocycles. The van der Waals surface area contributed by atoms with Crippen molar-refractivity contribution >= 4 is 16.4 Å². The number of aryl methyl sites for hydroxylation is 1. The zero-order valence-electron chi connectivity index (χ0n) is 5.70. The number of hydrogen-bond acceptors (Lipinski definition) is 1. The van der Waals surface area contributed by atoms with E-state index in [9.17, 15) is 4.79 Å². The van der Waals surface area contributed by atoms with Crippen LogP contribution in [0.4, 0.5) is 0 Å². The van der Waals surface area contributed by atoms with Crippen LogP contribution in [-0.2, 0) is 17.5 Å². The molecule has 0 fully saturated rings. The molecule has 0 radical (unpaired) electrons. The predicted octanol–water partition coefficient (Wildman–Crippen LogP) is 1.60. The first-order valence-corrected chi connectivity index (χ1v) is 4.63. The topological polar surface area (TPSA) is 37.3 Å². The second kappa shape index (κ2) is 2.84. The second-order valence-corrected chi connectivity index (χ2v) is 4.00. The SMILES string of the molecule is C[s+]1cccc1CC(=O)O. The van der Waals surface area contributed by atoms with Crippen LogP contribution in [0, 0.1) is 0 Å². The van der Waals surface area contributed by atoms with E-state index in [1.165, 1.54) is 0 Å². The summed E-state index contributed by atoms with van der Waals surface area (Å²) in [7, 11) is 0.0685. The Bertz CT molecular complexity index is 240. The number of hydrogen-bond donors (Lipinski definition) is 1. The summed E-state index contributed by atoms with van der Waals surface area (Å²) in [4.78, 5) is 11.3. The van der Waals surface area contributed by atoms with Gasteiger partial charge in [-0.25, -0.2) is 0 Å². The van der Waals surface area contributed by atoms with E-state index in [-0.39, 0.29) is 16.9 Å². The van der Waals surface area contributed by atoms with Gasteiger partial charge in [-0.05, 0) is 22.6 Å². The number of carboxylic acid groups (broad SMARTS) is 1. The first-order chi connectivity index (χ1) is 4.70. The van der Waals surface area contributed by atoms with Gasteiger partial charge in [0, 0.05) is 0 Å². The molecule has 0 aliphatic heterocycles. The van der Waals surface area contributed by atoms with Gasteiger partial charge in [-0.2, -0.15) is 0 Å². The molecular formula is C7H9O2S+. The highest BCUT2D eigenvalue weighted by atomic mass is 32.2. The fraction of sp³-hybridized carbons (Fsp3) is 0.286. The highest BCUT2D eigenvalue weighted by Crippen LogP contribution is 2.20. The number of thiophene rings is 1. The molecule has 0 aliphatic carbocycles. The minimum Gasteiger partial charge on any atom is -0.481 e. The van der Waals surface area contributed by atoms with Gasteiger partial charge in [0.05, 0.1) is 0 Å². The van der Waals surface area contributed by atoms with Crippen molar-refractivity contribution in [2.24, 2.45) is 6.26 Å². The molecule has 1 aromatic rings. The number of rotatable bonds is 2. The molecule has 3 heteroatoms. The van der Waals surface area contributed by atoms with Crippen LogP contribution in [-0.4, -0.2) is 11.1 Å². The Balaban J connectivity index is 2.74. The molecule has 10 heavy (non-hydrogen) atoms. The molecular weight excluding hydrogens is 148 g/mol. The van der Waals surface area contributed by atoms with Crippen molar-refractivity contribution in [1.29, 1.82) is 0 Å². The molecule has 1 atom stereocenters. The molecule has 1 rings (SSSR count). The lowest BCUT2D eigenvalue weighted by atomic mass is 10.3. The lowest BCUT2D eigenvalue weighted by Crippen LogP contribution is -1.97. The average molecular weight is 157 g/mol. The zero-order chi connectivity index (χ0) is 7.56. The van der Waals surface area contributed by atoms with Gasteiger partial charge in [0.15, 0.2) is 4.88 Å². The summed E-state index contributed by atoms with van der Waals surface area (Å²) >= 11 is 0. The van der Waals surface area contributed by atoms with E-state index in [1.54, 1.807) is 0 Å². The first-order valence-electron chi connectivity index (χ1n) is 2.94. The van der Waals surface area contributed by atoms with Crippen LogP contribution < -0.4 is 0 Å². The third-order valence-electron chi connectivity index (χ3n) is 1.30. The van der Waals surface area contributed by atoms with Crippen molar-refractivity contribution in [2.75, 3.05) is 0 Å². The zero-order valence-corrected chi connectivity index (χ0v) is 6.52. The minimum absolute atomic E-state index is 0.0685. The lowest BCUT2D eigenvalue weighted by Gasteiger charge is -1.84. The van der Waals surface area contributed by atoms with Crippen LogP contribution in [0.1, 0.15) is 4.88 Å². The van der Waals surface area contributed by atoms with Gasteiger partial charge < -0.3 is 5.11 Å². The highest BCUT2D eigenvalue weighted by Gasteiger charge is 2.10. The normalized spacial score (nSPS) is 11.5. The molecule has 1 unspecified atom stereocenters. The maximum absolute atomic E-state index is 10.2. The van der Waals surface area contributed by atoms with Crippen molar-refractivity contribution in [3.8, 4) is 0 Å². The molecule has 0 aromatic carbocycles. The molecule has 0 saturated heterocycles. The predicted molar refractivity (Wildman–Crippen MR) is 41.2 cm³/mol. The van der Waals surface area contributed by atoms with Crippen molar-refractivity contribution in [3.05, 3.63) is 22.4 Å². The van der Waals surface area contributed by atoms with E-state index in [1.807, 2.05) is 23.8 Å². The third kappa shape index (κ3) is 1.57. The highest BCUT2D eigenvalue weighted by molar-refractivity contribution is 7.28. The molecule has 0 aliphatic rings. The molecule has 1 aromatic heterocycles. The van der Waals surface area contributed by atoms with E-state index in [0.29, 0.717) is 0 Å².